The summed E-state index contributed by atoms with van der Waals surface area (Å²) in [5, 5.41) is 3.49. The van der Waals surface area contributed by atoms with E-state index in [4.69, 9.17) is 9.97 Å². The van der Waals surface area contributed by atoms with Gasteiger partial charge in [0, 0.05) is 11.1 Å². The van der Waals surface area contributed by atoms with Gasteiger partial charge in [-0.3, -0.25) is 0 Å². The normalized spacial score (nSPS) is 11.6. The van der Waals surface area contributed by atoms with E-state index in [1.807, 2.05) is 6.07 Å². The summed E-state index contributed by atoms with van der Waals surface area (Å²) in [6, 6.07) is 29.4. The highest BCUT2D eigenvalue weighted by atomic mass is 32.1. The van der Waals surface area contributed by atoms with Crippen LogP contribution in [0, 0.1) is 0 Å². The second kappa shape index (κ2) is 6.01. The number of fused-ring (bicyclic) bond motifs is 3. The zero-order valence-corrected chi connectivity index (χ0v) is 15.7. The molecule has 1 N–H and O–H groups in total. The summed E-state index contributed by atoms with van der Waals surface area (Å²) < 4.78 is 1.21. The number of para-hydroxylation sites is 1. The number of hydrogen-bond donors (Lipinski definition) is 1. The van der Waals surface area contributed by atoms with Crippen LogP contribution in [-0.4, -0.2) is 15.0 Å². The van der Waals surface area contributed by atoms with Gasteiger partial charge in [-0.25, -0.2) is 9.97 Å². The third-order valence-corrected chi connectivity index (χ3v) is 6.13. The third-order valence-electron chi connectivity index (χ3n) is 5.05. The molecule has 0 amide bonds. The molecule has 3 nitrogen and oxygen atoms in total. The van der Waals surface area contributed by atoms with Gasteiger partial charge in [0.1, 0.15) is 10.8 Å². The van der Waals surface area contributed by atoms with Crippen LogP contribution in [0.4, 0.5) is 0 Å². The molecule has 4 aromatic carbocycles. The van der Waals surface area contributed by atoms with E-state index in [-0.39, 0.29) is 0 Å². The highest BCUT2D eigenvalue weighted by Crippen LogP contribution is 2.32. The highest BCUT2D eigenvalue weighted by molar-refractivity contribution is 7.21. The molecule has 0 saturated heterocycles. The molecule has 4 heteroatoms. The van der Waals surface area contributed by atoms with Crippen molar-refractivity contribution >= 4 is 43.4 Å². The number of benzene rings is 4. The first-order valence-corrected chi connectivity index (χ1v) is 10.00. The minimum absolute atomic E-state index is 0.891. The molecule has 2 aromatic heterocycles. The number of thiazole rings is 1. The monoisotopic (exact) mass is 377 g/mol. The average molecular weight is 377 g/mol. The van der Waals surface area contributed by atoms with Crippen molar-refractivity contribution in [2.75, 3.05) is 0 Å². The van der Waals surface area contributed by atoms with Crippen molar-refractivity contribution in [1.82, 2.24) is 15.0 Å². The van der Waals surface area contributed by atoms with E-state index in [0.717, 1.165) is 38.5 Å². The van der Waals surface area contributed by atoms with Crippen molar-refractivity contribution in [2.45, 2.75) is 0 Å². The van der Waals surface area contributed by atoms with E-state index in [1.54, 1.807) is 11.3 Å². The lowest BCUT2D eigenvalue weighted by atomic mass is 10.1. The van der Waals surface area contributed by atoms with Gasteiger partial charge < -0.3 is 4.98 Å². The molecule has 0 bridgehead atoms. The Morgan fingerprint density at radius 2 is 1.46 bits per heavy atom. The molecule has 6 rings (SSSR count). The molecule has 0 aliphatic carbocycles. The molecule has 0 unspecified atom stereocenters. The zero-order chi connectivity index (χ0) is 18.5. The minimum atomic E-state index is 0.891. The van der Waals surface area contributed by atoms with Crippen molar-refractivity contribution < 1.29 is 0 Å². The first-order valence-electron chi connectivity index (χ1n) is 9.18. The topological polar surface area (TPSA) is 41.6 Å². The molecule has 28 heavy (non-hydrogen) atoms. The molecule has 0 aliphatic rings. The molecule has 0 atom stereocenters. The first-order chi connectivity index (χ1) is 13.8. The third kappa shape index (κ3) is 2.50. The van der Waals surface area contributed by atoms with Gasteiger partial charge in [-0.15, -0.1) is 11.3 Å². The van der Waals surface area contributed by atoms with E-state index >= 15 is 0 Å². The molecule has 2 heterocycles. The van der Waals surface area contributed by atoms with Crippen LogP contribution in [0.3, 0.4) is 0 Å². The maximum atomic E-state index is 4.79. The van der Waals surface area contributed by atoms with E-state index < -0.39 is 0 Å². The highest BCUT2D eigenvalue weighted by Gasteiger charge is 2.10. The van der Waals surface area contributed by atoms with E-state index in [9.17, 15) is 0 Å². The van der Waals surface area contributed by atoms with Gasteiger partial charge in [-0.2, -0.15) is 0 Å². The summed E-state index contributed by atoms with van der Waals surface area (Å²) in [5.74, 6) is 0.891. The molecule has 0 radical (unpaired) electrons. The van der Waals surface area contributed by atoms with Crippen LogP contribution in [0.1, 0.15) is 0 Å². The van der Waals surface area contributed by atoms with E-state index in [0.29, 0.717) is 0 Å². The van der Waals surface area contributed by atoms with Crippen molar-refractivity contribution in [3.63, 3.8) is 0 Å². The van der Waals surface area contributed by atoms with Crippen LogP contribution in [0.15, 0.2) is 84.9 Å². The zero-order valence-electron chi connectivity index (χ0n) is 14.9. The van der Waals surface area contributed by atoms with Gasteiger partial charge in [0.2, 0.25) is 0 Å². The van der Waals surface area contributed by atoms with Gasteiger partial charge in [0.15, 0.2) is 0 Å². The molecule has 0 fully saturated rings. The SMILES string of the molecule is c1ccc2cc(-c3nc4ccc(-c5nc6ccccc6s5)cc4[nH]3)ccc2c1. The van der Waals surface area contributed by atoms with Crippen LogP contribution in [0.2, 0.25) is 0 Å². The Hall–Kier alpha value is -3.50. The fourth-order valence-electron chi connectivity index (χ4n) is 3.61. The van der Waals surface area contributed by atoms with Crippen LogP contribution < -0.4 is 0 Å². The Morgan fingerprint density at radius 1 is 0.643 bits per heavy atom. The number of aromatic nitrogens is 3. The number of rotatable bonds is 2. The second-order valence-corrected chi connectivity index (χ2v) is 7.90. The van der Waals surface area contributed by atoms with Crippen molar-refractivity contribution in [3.8, 4) is 22.0 Å². The maximum absolute atomic E-state index is 4.79. The van der Waals surface area contributed by atoms with Gasteiger partial charge in [0.25, 0.3) is 0 Å². The van der Waals surface area contributed by atoms with E-state index in [2.05, 4.69) is 83.8 Å². The molecular weight excluding hydrogens is 362 g/mol. The predicted octanol–water partition coefficient (Wildman–Crippen LogP) is 6.66. The Bertz CT molecular complexity index is 1440. The minimum Gasteiger partial charge on any atom is -0.338 e. The molecule has 6 aromatic rings. The molecular formula is C24H15N3S. The van der Waals surface area contributed by atoms with Crippen LogP contribution in [0.25, 0.3) is 54.0 Å². The standard InChI is InChI=1S/C24H15N3S/c1-2-6-16-13-17(10-9-15(16)5-1)23-25-19-12-11-18(14-21(19)26-23)24-27-20-7-3-4-8-22(20)28-24/h1-14H,(H,25,26). The Kier molecular flexibility index (Phi) is 3.34. The van der Waals surface area contributed by atoms with Crippen LogP contribution in [-0.2, 0) is 0 Å². The number of H-pyrrole nitrogens is 1. The predicted molar refractivity (Wildman–Crippen MR) is 118 cm³/mol. The summed E-state index contributed by atoms with van der Waals surface area (Å²) in [6.45, 7) is 0. The van der Waals surface area contributed by atoms with Gasteiger partial charge >= 0.3 is 0 Å². The molecule has 0 saturated carbocycles. The molecule has 0 aliphatic heterocycles. The summed E-state index contributed by atoms with van der Waals surface area (Å²) in [5.41, 5.74) is 5.25. The Morgan fingerprint density at radius 3 is 2.39 bits per heavy atom. The fourth-order valence-corrected chi connectivity index (χ4v) is 4.57. The number of nitrogens with one attached hydrogen (secondary N) is 1. The summed E-state index contributed by atoms with van der Waals surface area (Å²) >= 11 is 1.72. The average Bonchev–Trinajstić information content (AvgIpc) is 3.37. The van der Waals surface area contributed by atoms with Gasteiger partial charge in [0.05, 0.1) is 21.3 Å². The fraction of sp³-hybridized carbons (Fsp3) is 0. The first kappa shape index (κ1) is 15.5. The smallest absolute Gasteiger partial charge is 0.138 e. The van der Waals surface area contributed by atoms with Crippen molar-refractivity contribution in [3.05, 3.63) is 84.9 Å². The Labute approximate surface area is 165 Å². The van der Waals surface area contributed by atoms with E-state index in [1.165, 1.54) is 15.5 Å². The largest absolute Gasteiger partial charge is 0.338 e. The lowest BCUT2D eigenvalue weighted by Crippen LogP contribution is -1.80. The second-order valence-electron chi connectivity index (χ2n) is 6.87. The lowest BCUT2D eigenvalue weighted by molar-refractivity contribution is 1.34. The van der Waals surface area contributed by atoms with Crippen LogP contribution >= 0.6 is 11.3 Å². The quantitative estimate of drug-likeness (QED) is 0.366. The van der Waals surface area contributed by atoms with Gasteiger partial charge in [-0.05, 0) is 47.2 Å². The lowest BCUT2D eigenvalue weighted by Gasteiger charge is -2.00. The summed E-state index contributed by atoms with van der Waals surface area (Å²) in [7, 11) is 0. The Balaban J connectivity index is 1.45. The molecule has 0 spiro atoms. The maximum Gasteiger partial charge on any atom is 0.138 e. The number of nitrogens with zero attached hydrogens (tertiary/aromatic N) is 2. The molecule has 132 valence electrons. The van der Waals surface area contributed by atoms with Gasteiger partial charge in [-0.1, -0.05) is 48.5 Å². The summed E-state index contributed by atoms with van der Waals surface area (Å²) in [4.78, 5) is 13.1. The number of aromatic amines is 1. The van der Waals surface area contributed by atoms with Crippen LogP contribution in [0.5, 0.6) is 0 Å². The number of imidazole rings is 1. The van der Waals surface area contributed by atoms with Crippen molar-refractivity contribution in [1.29, 1.82) is 0 Å². The van der Waals surface area contributed by atoms with Crippen molar-refractivity contribution in [2.24, 2.45) is 0 Å². The summed E-state index contributed by atoms with van der Waals surface area (Å²) in [6.07, 6.45) is 0. The number of hydrogen-bond acceptors (Lipinski definition) is 3.